The molecule has 1 aliphatic carbocycles. The van der Waals surface area contributed by atoms with Crippen LogP contribution in [0.2, 0.25) is 0 Å². The summed E-state index contributed by atoms with van der Waals surface area (Å²) in [6.07, 6.45) is 6.29. The number of rotatable bonds is 4. The highest BCUT2D eigenvalue weighted by molar-refractivity contribution is 6.20. The van der Waals surface area contributed by atoms with Gasteiger partial charge in [-0.15, -0.1) is 0 Å². The fourth-order valence-corrected chi connectivity index (χ4v) is 3.63. The van der Waals surface area contributed by atoms with Gasteiger partial charge in [-0.1, -0.05) is 60.7 Å². The molecule has 0 bridgehead atoms. The van der Waals surface area contributed by atoms with Crippen molar-refractivity contribution >= 4 is 11.5 Å². The fourth-order valence-electron chi connectivity index (χ4n) is 3.63. The number of allylic oxidation sites excluding steroid dienone is 4. The second-order valence-electron chi connectivity index (χ2n) is 6.41. The van der Waals surface area contributed by atoms with E-state index < -0.39 is 5.54 Å². The van der Waals surface area contributed by atoms with Crippen LogP contribution in [0, 0.1) is 5.21 Å². The minimum atomic E-state index is -1.08. The summed E-state index contributed by atoms with van der Waals surface area (Å²) >= 11 is 0. The lowest BCUT2D eigenvalue weighted by Gasteiger charge is -2.36. The van der Waals surface area contributed by atoms with Crippen LogP contribution in [0.15, 0.2) is 96.3 Å². The van der Waals surface area contributed by atoms with E-state index in [0.29, 0.717) is 23.7 Å². The van der Waals surface area contributed by atoms with Crippen molar-refractivity contribution in [3.05, 3.63) is 113 Å². The third kappa shape index (κ3) is 2.70. The molecular weight excluding hydrogens is 338 g/mol. The van der Waals surface area contributed by atoms with Crippen molar-refractivity contribution in [2.24, 2.45) is 0 Å². The minimum Gasteiger partial charge on any atom is -0.622 e. The van der Waals surface area contributed by atoms with Gasteiger partial charge in [-0.05, 0) is 13.0 Å². The van der Waals surface area contributed by atoms with Gasteiger partial charge in [0.25, 0.3) is 0 Å². The smallest absolute Gasteiger partial charge is 0.246 e. The van der Waals surface area contributed by atoms with E-state index in [1.165, 1.54) is 12.2 Å². The van der Waals surface area contributed by atoms with Gasteiger partial charge in [0.1, 0.15) is 5.76 Å². The monoisotopic (exact) mass is 357 g/mol. The summed E-state index contributed by atoms with van der Waals surface area (Å²) in [6, 6.07) is 19.2. The maximum Gasteiger partial charge on any atom is 0.246 e. The van der Waals surface area contributed by atoms with Gasteiger partial charge in [0.2, 0.25) is 11.3 Å². The molecule has 0 fully saturated rings. The summed E-state index contributed by atoms with van der Waals surface area (Å²) in [5, 5.41) is 13.7. The zero-order valence-corrected chi connectivity index (χ0v) is 15.0. The molecule has 2 aromatic carbocycles. The maximum atomic E-state index is 13.7. The average Bonchev–Trinajstić information content (AvgIpc) is 2.71. The second-order valence-corrected chi connectivity index (χ2v) is 6.41. The lowest BCUT2D eigenvalue weighted by molar-refractivity contribution is -0.531. The van der Waals surface area contributed by atoms with Crippen molar-refractivity contribution in [1.29, 1.82) is 0 Å². The number of hydroxylamine groups is 1. The number of fused-ring (bicyclic) bond motifs is 1. The Morgan fingerprint density at radius 2 is 1.56 bits per heavy atom. The average molecular weight is 357 g/mol. The number of ether oxygens (including phenoxy) is 1. The van der Waals surface area contributed by atoms with Crippen molar-refractivity contribution < 1.29 is 14.3 Å². The van der Waals surface area contributed by atoms with Crippen LogP contribution in [0.25, 0.3) is 0 Å². The number of carbonyl (C=O) groups is 1. The Hall–Kier alpha value is -3.40. The standard InChI is InChI=1S/C23H19NO3/c1-2-27-22-16-23(17-9-5-3-6-10-17,18-11-7-4-8-12-18)24(26)21-14-13-19(25)15-20(21)22/h3-16H,2H2,1H3. The topological polar surface area (TPSA) is 52.4 Å². The SMILES string of the molecule is CCOC1=CC(c2ccccc2)(c2ccccc2)[N+]([O-])=C2C=CC(=O)C=C12. The van der Waals surface area contributed by atoms with Gasteiger partial charge in [-0.25, -0.2) is 0 Å². The molecule has 2 aromatic rings. The summed E-state index contributed by atoms with van der Waals surface area (Å²) < 4.78 is 6.85. The molecule has 1 aliphatic heterocycles. The fraction of sp³-hybridized carbons (Fsp3) is 0.130. The molecule has 0 spiro atoms. The van der Waals surface area contributed by atoms with E-state index in [2.05, 4.69) is 0 Å². The molecule has 4 rings (SSSR count). The largest absolute Gasteiger partial charge is 0.622 e. The lowest BCUT2D eigenvalue weighted by atomic mass is 9.78. The molecule has 0 atom stereocenters. The number of nitrogens with zero attached hydrogens (tertiary/aromatic N) is 1. The van der Waals surface area contributed by atoms with Crippen molar-refractivity contribution in [3.63, 3.8) is 0 Å². The third-order valence-corrected chi connectivity index (χ3v) is 4.84. The Kier molecular flexibility index (Phi) is 4.24. The van der Waals surface area contributed by atoms with Crippen LogP contribution in [-0.2, 0) is 15.1 Å². The van der Waals surface area contributed by atoms with Gasteiger partial charge >= 0.3 is 0 Å². The first kappa shape index (κ1) is 17.0. The maximum absolute atomic E-state index is 13.7. The quantitative estimate of drug-likeness (QED) is 0.474. The molecule has 0 N–H and O–H groups in total. The molecule has 2 aliphatic rings. The number of hydrogen-bond donors (Lipinski definition) is 0. The van der Waals surface area contributed by atoms with Crippen molar-refractivity contribution in [2.45, 2.75) is 12.5 Å². The summed E-state index contributed by atoms with van der Waals surface area (Å²) in [7, 11) is 0. The first-order chi connectivity index (χ1) is 13.2. The zero-order chi connectivity index (χ0) is 18.9. The lowest BCUT2D eigenvalue weighted by Crippen LogP contribution is -2.43. The molecule has 4 nitrogen and oxygen atoms in total. The first-order valence-electron chi connectivity index (χ1n) is 8.92. The van der Waals surface area contributed by atoms with Gasteiger partial charge in [-0.3, -0.25) is 4.79 Å². The van der Waals surface area contributed by atoms with Gasteiger partial charge in [0, 0.05) is 29.4 Å². The normalized spacial score (nSPS) is 17.9. The predicted octanol–water partition coefficient (Wildman–Crippen LogP) is 3.88. The Labute approximate surface area is 158 Å². The highest BCUT2D eigenvalue weighted by atomic mass is 16.5. The summed E-state index contributed by atoms with van der Waals surface area (Å²) in [4.78, 5) is 11.9. The third-order valence-electron chi connectivity index (χ3n) is 4.84. The molecule has 0 radical (unpaired) electrons. The van der Waals surface area contributed by atoms with Crippen LogP contribution < -0.4 is 0 Å². The van der Waals surface area contributed by atoms with E-state index in [9.17, 15) is 10.0 Å². The van der Waals surface area contributed by atoms with Crippen LogP contribution in [0.4, 0.5) is 0 Å². The van der Waals surface area contributed by atoms with Crippen molar-refractivity contribution in [2.75, 3.05) is 6.61 Å². The van der Waals surface area contributed by atoms with Crippen LogP contribution in [0.1, 0.15) is 18.1 Å². The second kappa shape index (κ2) is 6.72. The molecule has 0 unspecified atom stereocenters. The molecule has 0 saturated heterocycles. The Morgan fingerprint density at radius 1 is 0.963 bits per heavy atom. The minimum absolute atomic E-state index is 0.153. The van der Waals surface area contributed by atoms with Crippen LogP contribution in [-0.4, -0.2) is 22.8 Å². The van der Waals surface area contributed by atoms with Crippen LogP contribution >= 0.6 is 0 Å². The Morgan fingerprint density at radius 3 is 2.11 bits per heavy atom. The highest BCUT2D eigenvalue weighted by Crippen LogP contribution is 2.41. The molecule has 0 aromatic heterocycles. The molecule has 1 heterocycles. The molecular formula is C23H19NO3. The van der Waals surface area contributed by atoms with Crippen molar-refractivity contribution in [1.82, 2.24) is 0 Å². The predicted molar refractivity (Wildman–Crippen MR) is 104 cm³/mol. The van der Waals surface area contributed by atoms with E-state index in [4.69, 9.17) is 4.74 Å². The molecule has 0 saturated carbocycles. The van der Waals surface area contributed by atoms with E-state index in [1.807, 2.05) is 73.7 Å². The number of benzene rings is 2. The van der Waals surface area contributed by atoms with E-state index in [-0.39, 0.29) is 5.78 Å². The van der Waals surface area contributed by atoms with Gasteiger partial charge in [0.15, 0.2) is 5.78 Å². The number of ketones is 1. The van der Waals surface area contributed by atoms with Crippen LogP contribution in [0.5, 0.6) is 0 Å². The zero-order valence-electron chi connectivity index (χ0n) is 15.0. The van der Waals surface area contributed by atoms with E-state index >= 15 is 0 Å². The Balaban J connectivity index is 2.06. The number of hydrogen-bond acceptors (Lipinski definition) is 3. The molecule has 27 heavy (non-hydrogen) atoms. The van der Waals surface area contributed by atoms with Gasteiger partial charge in [-0.2, -0.15) is 4.74 Å². The highest BCUT2D eigenvalue weighted by Gasteiger charge is 2.47. The molecule has 0 amide bonds. The summed E-state index contributed by atoms with van der Waals surface area (Å²) in [5.41, 5.74) is 1.54. The number of carbonyl (C=O) groups excluding carboxylic acids is 1. The summed E-state index contributed by atoms with van der Waals surface area (Å²) in [5.74, 6) is 0.393. The molecule has 134 valence electrons. The van der Waals surface area contributed by atoms with Gasteiger partial charge in [0.05, 0.1) is 12.2 Å². The first-order valence-corrected chi connectivity index (χ1v) is 8.92. The molecule has 4 heteroatoms. The summed E-state index contributed by atoms with van der Waals surface area (Å²) in [6.45, 7) is 2.32. The van der Waals surface area contributed by atoms with Crippen molar-refractivity contribution in [3.8, 4) is 0 Å². The van der Waals surface area contributed by atoms with Crippen LogP contribution in [0.3, 0.4) is 0 Å². The van der Waals surface area contributed by atoms with Gasteiger partial charge < -0.3 is 9.94 Å². The Bertz CT molecular complexity index is 959. The van der Waals surface area contributed by atoms with E-state index in [1.54, 1.807) is 6.08 Å². The van der Waals surface area contributed by atoms with E-state index in [0.717, 1.165) is 15.9 Å².